The third-order valence-corrected chi connectivity index (χ3v) is 3.41. The largest absolute Gasteiger partial charge is 0.465 e. The quantitative estimate of drug-likeness (QED) is 0.688. The minimum Gasteiger partial charge on any atom is -0.465 e. The lowest BCUT2D eigenvalue weighted by molar-refractivity contribution is -0.144. The van der Waals surface area contributed by atoms with Gasteiger partial charge in [-0.3, -0.25) is 4.79 Å². The average Bonchev–Trinajstić information content (AvgIpc) is 2.35. The van der Waals surface area contributed by atoms with Gasteiger partial charge in [-0.2, -0.15) is 0 Å². The highest BCUT2D eigenvalue weighted by Gasteiger charge is 2.08. The minimum absolute atomic E-state index is 0.0806. The van der Waals surface area contributed by atoms with Crippen LogP contribution in [0.15, 0.2) is 18.2 Å². The Kier molecular flexibility index (Phi) is 6.61. The van der Waals surface area contributed by atoms with E-state index in [-0.39, 0.29) is 5.97 Å². The number of hydrogen-bond donors (Lipinski definition) is 0. The van der Waals surface area contributed by atoms with E-state index in [9.17, 15) is 4.79 Å². The van der Waals surface area contributed by atoms with E-state index in [2.05, 4.69) is 45.9 Å². The molecular formula is C17H26O2. The number of carbonyl (C=O) groups is 1. The first-order valence-electron chi connectivity index (χ1n) is 7.24. The van der Waals surface area contributed by atoms with Crippen LogP contribution in [0.5, 0.6) is 0 Å². The summed E-state index contributed by atoms with van der Waals surface area (Å²) in [5, 5.41) is 0. The Bertz CT molecular complexity index is 410. The van der Waals surface area contributed by atoms with Crippen LogP contribution in [-0.2, 0) is 16.0 Å². The Morgan fingerprint density at radius 3 is 2.68 bits per heavy atom. The maximum atomic E-state index is 11.7. The molecule has 0 aliphatic rings. The molecule has 2 heteroatoms. The third kappa shape index (κ3) is 5.91. The van der Waals surface area contributed by atoms with Gasteiger partial charge in [0, 0.05) is 6.42 Å². The van der Waals surface area contributed by atoms with E-state index in [4.69, 9.17) is 4.74 Å². The fraction of sp³-hybridized carbons (Fsp3) is 0.588. The summed E-state index contributed by atoms with van der Waals surface area (Å²) in [7, 11) is 0. The van der Waals surface area contributed by atoms with Gasteiger partial charge in [-0.15, -0.1) is 0 Å². The molecule has 0 spiro atoms. The van der Waals surface area contributed by atoms with Crippen molar-refractivity contribution < 1.29 is 9.53 Å². The molecule has 0 aliphatic carbocycles. The van der Waals surface area contributed by atoms with Crippen molar-refractivity contribution in [2.45, 2.75) is 53.4 Å². The zero-order chi connectivity index (χ0) is 14.3. The van der Waals surface area contributed by atoms with Crippen LogP contribution in [0.2, 0.25) is 0 Å². The number of benzene rings is 1. The van der Waals surface area contributed by atoms with Crippen LogP contribution in [-0.4, -0.2) is 12.6 Å². The van der Waals surface area contributed by atoms with Crippen molar-refractivity contribution in [1.29, 1.82) is 0 Å². The average molecular weight is 262 g/mol. The highest BCUT2D eigenvalue weighted by Crippen LogP contribution is 2.13. The summed E-state index contributed by atoms with van der Waals surface area (Å²) >= 11 is 0. The molecule has 0 amide bonds. The van der Waals surface area contributed by atoms with Crippen molar-refractivity contribution in [3.63, 3.8) is 0 Å². The minimum atomic E-state index is -0.0806. The fourth-order valence-corrected chi connectivity index (χ4v) is 2.25. The first-order chi connectivity index (χ1) is 9.02. The normalized spacial score (nSPS) is 12.2. The van der Waals surface area contributed by atoms with E-state index < -0.39 is 0 Å². The molecule has 0 N–H and O–H groups in total. The Hall–Kier alpha value is -1.31. The Morgan fingerprint density at radius 1 is 1.32 bits per heavy atom. The predicted molar refractivity (Wildman–Crippen MR) is 79.3 cm³/mol. The SMILES string of the molecule is CCCC(C)COC(=O)CCc1ccc(C)cc1C. The summed E-state index contributed by atoms with van der Waals surface area (Å²) < 4.78 is 5.30. The van der Waals surface area contributed by atoms with Gasteiger partial charge in [-0.25, -0.2) is 0 Å². The molecule has 0 fully saturated rings. The maximum Gasteiger partial charge on any atom is 0.306 e. The summed E-state index contributed by atoms with van der Waals surface area (Å²) in [4.78, 5) is 11.7. The van der Waals surface area contributed by atoms with Gasteiger partial charge in [0.1, 0.15) is 0 Å². The molecule has 1 atom stereocenters. The number of aryl methyl sites for hydroxylation is 3. The second kappa shape index (κ2) is 7.98. The Balaban J connectivity index is 2.33. The molecule has 0 aromatic heterocycles. The molecule has 1 rings (SSSR count). The van der Waals surface area contributed by atoms with E-state index in [0.29, 0.717) is 18.9 Å². The highest BCUT2D eigenvalue weighted by molar-refractivity contribution is 5.69. The molecule has 0 radical (unpaired) electrons. The van der Waals surface area contributed by atoms with Crippen molar-refractivity contribution in [2.75, 3.05) is 6.61 Å². The zero-order valence-corrected chi connectivity index (χ0v) is 12.7. The van der Waals surface area contributed by atoms with Gasteiger partial charge in [0.2, 0.25) is 0 Å². The van der Waals surface area contributed by atoms with Crippen LogP contribution in [0.1, 0.15) is 49.8 Å². The standard InChI is InChI=1S/C17H26O2/c1-5-6-14(3)12-19-17(18)10-9-16-8-7-13(2)11-15(16)4/h7-8,11,14H,5-6,9-10,12H2,1-4H3. The Labute approximate surface area is 117 Å². The molecule has 0 bridgehead atoms. The number of carbonyl (C=O) groups excluding carboxylic acids is 1. The van der Waals surface area contributed by atoms with E-state index in [1.54, 1.807) is 0 Å². The van der Waals surface area contributed by atoms with Crippen molar-refractivity contribution in [3.8, 4) is 0 Å². The van der Waals surface area contributed by atoms with Crippen LogP contribution in [0.4, 0.5) is 0 Å². The molecule has 19 heavy (non-hydrogen) atoms. The second-order valence-electron chi connectivity index (χ2n) is 5.51. The third-order valence-electron chi connectivity index (χ3n) is 3.41. The van der Waals surface area contributed by atoms with Crippen LogP contribution < -0.4 is 0 Å². The van der Waals surface area contributed by atoms with Gasteiger partial charge in [0.05, 0.1) is 6.61 Å². The van der Waals surface area contributed by atoms with Crippen molar-refractivity contribution >= 4 is 5.97 Å². The smallest absolute Gasteiger partial charge is 0.306 e. The van der Waals surface area contributed by atoms with Crippen LogP contribution in [0.3, 0.4) is 0 Å². The van der Waals surface area contributed by atoms with Crippen LogP contribution >= 0.6 is 0 Å². The van der Waals surface area contributed by atoms with Gasteiger partial charge in [-0.1, -0.05) is 44.0 Å². The lowest BCUT2D eigenvalue weighted by Gasteiger charge is -2.11. The van der Waals surface area contributed by atoms with E-state index in [1.807, 2.05) is 0 Å². The van der Waals surface area contributed by atoms with E-state index in [0.717, 1.165) is 19.3 Å². The highest BCUT2D eigenvalue weighted by atomic mass is 16.5. The predicted octanol–water partition coefficient (Wildman–Crippen LogP) is 4.22. The van der Waals surface area contributed by atoms with Gasteiger partial charge in [0.15, 0.2) is 0 Å². The summed E-state index contributed by atoms with van der Waals surface area (Å²) in [6.07, 6.45) is 3.50. The van der Waals surface area contributed by atoms with E-state index in [1.165, 1.54) is 16.7 Å². The monoisotopic (exact) mass is 262 g/mol. The number of esters is 1. The lowest BCUT2D eigenvalue weighted by atomic mass is 10.0. The molecule has 0 saturated heterocycles. The summed E-state index contributed by atoms with van der Waals surface area (Å²) in [6, 6.07) is 6.36. The molecule has 2 nitrogen and oxygen atoms in total. The Morgan fingerprint density at radius 2 is 2.05 bits per heavy atom. The lowest BCUT2D eigenvalue weighted by Crippen LogP contribution is -2.12. The fourth-order valence-electron chi connectivity index (χ4n) is 2.25. The van der Waals surface area contributed by atoms with Crippen molar-refractivity contribution in [3.05, 3.63) is 34.9 Å². The van der Waals surface area contributed by atoms with E-state index >= 15 is 0 Å². The van der Waals surface area contributed by atoms with Gasteiger partial charge < -0.3 is 4.74 Å². The molecule has 0 aliphatic heterocycles. The molecule has 1 unspecified atom stereocenters. The maximum absolute atomic E-state index is 11.7. The summed E-state index contributed by atoms with van der Waals surface area (Å²) in [5.41, 5.74) is 3.76. The number of rotatable bonds is 7. The first kappa shape index (κ1) is 15.7. The number of hydrogen-bond acceptors (Lipinski definition) is 2. The number of ether oxygens (including phenoxy) is 1. The second-order valence-corrected chi connectivity index (χ2v) is 5.51. The zero-order valence-electron chi connectivity index (χ0n) is 12.7. The molecule has 0 heterocycles. The van der Waals surface area contributed by atoms with Crippen molar-refractivity contribution in [2.24, 2.45) is 5.92 Å². The molecule has 1 aromatic rings. The summed E-state index contributed by atoms with van der Waals surface area (Å²) in [6.45, 7) is 9.01. The van der Waals surface area contributed by atoms with Gasteiger partial charge in [0.25, 0.3) is 0 Å². The van der Waals surface area contributed by atoms with Gasteiger partial charge in [-0.05, 0) is 43.7 Å². The van der Waals surface area contributed by atoms with Crippen molar-refractivity contribution in [1.82, 2.24) is 0 Å². The topological polar surface area (TPSA) is 26.3 Å². The molecule has 0 saturated carbocycles. The van der Waals surface area contributed by atoms with Crippen LogP contribution in [0, 0.1) is 19.8 Å². The van der Waals surface area contributed by atoms with Crippen LogP contribution in [0.25, 0.3) is 0 Å². The molecule has 1 aromatic carbocycles. The van der Waals surface area contributed by atoms with Gasteiger partial charge >= 0.3 is 5.97 Å². The summed E-state index contributed by atoms with van der Waals surface area (Å²) in [5.74, 6) is 0.387. The molecular weight excluding hydrogens is 236 g/mol. The first-order valence-corrected chi connectivity index (χ1v) is 7.24. The molecule has 106 valence electrons.